The summed E-state index contributed by atoms with van der Waals surface area (Å²) in [5.74, 6) is -0.799. The van der Waals surface area contributed by atoms with Crippen molar-refractivity contribution in [1.29, 1.82) is 0 Å². The Bertz CT molecular complexity index is 1350. The van der Waals surface area contributed by atoms with Crippen LogP contribution in [0, 0.1) is 0 Å². The van der Waals surface area contributed by atoms with Gasteiger partial charge in [-0.3, -0.25) is 14.5 Å². The first-order valence-corrected chi connectivity index (χ1v) is 14.6. The molecule has 3 aromatic rings. The second kappa shape index (κ2) is 11.1. The number of aryl methyl sites for hydroxylation is 1. The van der Waals surface area contributed by atoms with Gasteiger partial charge in [0.05, 0.1) is 16.3 Å². The van der Waals surface area contributed by atoms with Gasteiger partial charge in [0.25, 0.3) is 5.91 Å². The number of hydrogen-bond donors (Lipinski definition) is 0. The number of ether oxygens (including phenoxy) is 1. The highest BCUT2D eigenvalue weighted by Crippen LogP contribution is 2.47. The predicted octanol–water partition coefficient (Wildman–Crippen LogP) is 5.17. The second-order valence-electron chi connectivity index (χ2n) is 9.04. The smallest absolute Gasteiger partial charge is 0.306 e. The van der Waals surface area contributed by atoms with Crippen LogP contribution in [0.2, 0.25) is 0 Å². The van der Waals surface area contributed by atoms with Gasteiger partial charge < -0.3 is 4.74 Å². The van der Waals surface area contributed by atoms with Crippen molar-refractivity contribution in [3.63, 3.8) is 0 Å². The van der Waals surface area contributed by atoms with Crippen LogP contribution in [-0.4, -0.2) is 44.3 Å². The third-order valence-electron chi connectivity index (χ3n) is 6.53. The van der Waals surface area contributed by atoms with Crippen molar-refractivity contribution in [2.24, 2.45) is 0 Å². The van der Waals surface area contributed by atoms with Gasteiger partial charge in [-0.05, 0) is 61.2 Å². The number of carbonyl (C=O) groups excluding carboxylic acids is 2. The summed E-state index contributed by atoms with van der Waals surface area (Å²) < 4.78 is 32.5. The van der Waals surface area contributed by atoms with Crippen LogP contribution in [0.5, 0.6) is 0 Å². The molecule has 37 heavy (non-hydrogen) atoms. The van der Waals surface area contributed by atoms with Crippen LogP contribution in [0.1, 0.15) is 31.2 Å². The van der Waals surface area contributed by atoms with E-state index < -0.39 is 16.0 Å². The van der Waals surface area contributed by atoms with E-state index in [9.17, 15) is 18.0 Å². The molecule has 0 aliphatic carbocycles. The first-order chi connectivity index (χ1) is 17.9. The van der Waals surface area contributed by atoms with Crippen LogP contribution in [0.3, 0.4) is 0 Å². The maximum absolute atomic E-state index is 13.1. The summed E-state index contributed by atoms with van der Waals surface area (Å²) in [5, 5.41) is 0. The molecule has 1 saturated heterocycles. The van der Waals surface area contributed by atoms with Crippen LogP contribution in [0.25, 0.3) is 0 Å². The Morgan fingerprint density at radius 3 is 2.03 bits per heavy atom. The molecule has 1 amide bonds. The molecule has 0 unspecified atom stereocenters. The van der Waals surface area contributed by atoms with Crippen LogP contribution in [0.4, 0.5) is 11.4 Å². The SMILES string of the molecule is O=C(CCc1ccc(S(=O)(=O)N2CCCCC2)cc1)OCC(=O)N1c2ccccc2Sc2ccccc21. The van der Waals surface area contributed by atoms with Gasteiger partial charge in [0, 0.05) is 29.3 Å². The monoisotopic (exact) mass is 536 g/mol. The third-order valence-corrected chi connectivity index (χ3v) is 9.58. The summed E-state index contributed by atoms with van der Waals surface area (Å²) in [6.45, 7) is 0.753. The quantitative estimate of drug-likeness (QED) is 0.388. The summed E-state index contributed by atoms with van der Waals surface area (Å²) in [7, 11) is -3.48. The molecule has 0 radical (unpaired) electrons. The lowest BCUT2D eigenvalue weighted by molar-refractivity contribution is -0.147. The maximum Gasteiger partial charge on any atom is 0.306 e. The lowest BCUT2D eigenvalue weighted by atomic mass is 10.1. The first kappa shape index (κ1) is 25.5. The molecule has 0 spiro atoms. The summed E-state index contributed by atoms with van der Waals surface area (Å²) in [6.07, 6.45) is 3.32. The van der Waals surface area contributed by atoms with E-state index >= 15 is 0 Å². The Morgan fingerprint density at radius 1 is 0.811 bits per heavy atom. The molecule has 192 valence electrons. The largest absolute Gasteiger partial charge is 0.456 e. The molecular formula is C28H28N2O5S2. The zero-order chi connectivity index (χ0) is 25.8. The van der Waals surface area contributed by atoms with E-state index in [1.54, 1.807) is 40.9 Å². The normalized spacial score (nSPS) is 15.5. The summed E-state index contributed by atoms with van der Waals surface area (Å²) in [6, 6.07) is 22.0. The lowest BCUT2D eigenvalue weighted by Crippen LogP contribution is -2.35. The topological polar surface area (TPSA) is 84.0 Å². The zero-order valence-electron chi connectivity index (χ0n) is 20.3. The fraction of sp³-hybridized carbons (Fsp3) is 0.286. The molecule has 9 heteroatoms. The molecule has 1 fully saturated rings. The predicted molar refractivity (Wildman–Crippen MR) is 142 cm³/mol. The summed E-state index contributed by atoms with van der Waals surface area (Å²) in [4.78, 5) is 29.4. The molecule has 0 N–H and O–H groups in total. The van der Waals surface area contributed by atoms with Crippen molar-refractivity contribution >= 4 is 45.0 Å². The number of benzene rings is 3. The van der Waals surface area contributed by atoms with E-state index in [0.29, 0.717) is 19.5 Å². The Morgan fingerprint density at radius 2 is 1.41 bits per heavy atom. The summed E-state index contributed by atoms with van der Waals surface area (Å²) >= 11 is 1.60. The zero-order valence-corrected chi connectivity index (χ0v) is 22.0. The van der Waals surface area contributed by atoms with Crippen LogP contribution in [0.15, 0.2) is 87.5 Å². The average Bonchev–Trinajstić information content (AvgIpc) is 2.94. The van der Waals surface area contributed by atoms with E-state index in [4.69, 9.17) is 4.74 Å². The van der Waals surface area contributed by atoms with E-state index in [0.717, 1.165) is 46.0 Å². The number of piperidine rings is 1. The Kier molecular flexibility index (Phi) is 7.64. The highest BCUT2D eigenvalue weighted by atomic mass is 32.2. The number of esters is 1. The van der Waals surface area contributed by atoms with Crippen molar-refractivity contribution in [3.8, 4) is 0 Å². The highest BCUT2D eigenvalue weighted by molar-refractivity contribution is 7.99. The number of nitrogens with zero attached hydrogens (tertiary/aromatic N) is 2. The molecule has 0 saturated carbocycles. The van der Waals surface area contributed by atoms with Gasteiger partial charge in [0.15, 0.2) is 6.61 Å². The van der Waals surface area contributed by atoms with Crippen molar-refractivity contribution in [2.75, 3.05) is 24.6 Å². The van der Waals surface area contributed by atoms with Gasteiger partial charge in [-0.15, -0.1) is 0 Å². The molecule has 3 aromatic carbocycles. The number of anilines is 2. The number of sulfonamides is 1. The first-order valence-electron chi connectivity index (χ1n) is 12.4. The van der Waals surface area contributed by atoms with Crippen molar-refractivity contribution in [3.05, 3.63) is 78.4 Å². The number of hydrogen-bond acceptors (Lipinski definition) is 6. The highest BCUT2D eigenvalue weighted by Gasteiger charge is 2.29. The number of para-hydroxylation sites is 2. The van der Waals surface area contributed by atoms with Gasteiger partial charge >= 0.3 is 5.97 Å². The second-order valence-corrected chi connectivity index (χ2v) is 12.1. The molecule has 0 aromatic heterocycles. The molecule has 5 rings (SSSR count). The van der Waals surface area contributed by atoms with Gasteiger partial charge in [-0.2, -0.15) is 4.31 Å². The lowest BCUT2D eigenvalue weighted by Gasteiger charge is -2.30. The van der Waals surface area contributed by atoms with Crippen molar-refractivity contribution in [2.45, 2.75) is 46.8 Å². The molecule has 2 aliphatic heterocycles. The van der Waals surface area contributed by atoms with Crippen LogP contribution < -0.4 is 4.90 Å². The molecule has 7 nitrogen and oxygen atoms in total. The summed E-state index contributed by atoms with van der Waals surface area (Å²) in [5.41, 5.74) is 2.37. The number of amides is 1. The molecule has 0 bridgehead atoms. The van der Waals surface area contributed by atoms with Crippen molar-refractivity contribution < 1.29 is 22.7 Å². The van der Waals surface area contributed by atoms with Crippen molar-refractivity contribution in [1.82, 2.24) is 4.31 Å². The minimum absolute atomic E-state index is 0.0918. The fourth-order valence-electron chi connectivity index (χ4n) is 4.58. The third kappa shape index (κ3) is 5.58. The Labute approximate surface area is 221 Å². The molecule has 0 atom stereocenters. The Hall–Kier alpha value is -3.14. The molecule has 2 aliphatic rings. The van der Waals surface area contributed by atoms with E-state index in [1.165, 1.54) is 4.31 Å². The number of fused-ring (bicyclic) bond motifs is 2. The minimum atomic E-state index is -3.48. The fourth-order valence-corrected chi connectivity index (χ4v) is 7.16. The van der Waals surface area contributed by atoms with Gasteiger partial charge in [-0.25, -0.2) is 8.42 Å². The van der Waals surface area contributed by atoms with E-state index in [-0.39, 0.29) is 23.8 Å². The van der Waals surface area contributed by atoms with Crippen LogP contribution in [-0.2, 0) is 30.8 Å². The number of rotatable bonds is 7. The molecular weight excluding hydrogens is 508 g/mol. The van der Waals surface area contributed by atoms with Gasteiger partial charge in [0.2, 0.25) is 10.0 Å². The standard InChI is InChI=1S/C28H28N2O5S2/c31-27(30-23-8-2-4-10-25(23)36-26-11-5-3-9-24(26)30)20-35-28(32)17-14-21-12-15-22(16-13-21)37(33,34)29-18-6-1-7-19-29/h2-5,8-13,15-16H,1,6-7,14,17-20H2. The number of carbonyl (C=O) groups is 2. The van der Waals surface area contributed by atoms with Gasteiger partial charge in [-0.1, -0.05) is 54.6 Å². The Balaban J connectivity index is 1.17. The van der Waals surface area contributed by atoms with Crippen LogP contribution >= 0.6 is 11.8 Å². The molecule has 2 heterocycles. The van der Waals surface area contributed by atoms with E-state index in [1.807, 2.05) is 48.5 Å². The maximum atomic E-state index is 13.1. The average molecular weight is 537 g/mol. The van der Waals surface area contributed by atoms with Gasteiger partial charge in [0.1, 0.15) is 0 Å². The van der Waals surface area contributed by atoms with E-state index in [2.05, 4.69) is 0 Å². The minimum Gasteiger partial charge on any atom is -0.456 e.